The van der Waals surface area contributed by atoms with E-state index in [-0.39, 0.29) is 22.0 Å². The first-order valence-corrected chi connectivity index (χ1v) is 10.5. The summed E-state index contributed by atoms with van der Waals surface area (Å²) < 4.78 is 34.4. The first kappa shape index (κ1) is 20.5. The molecule has 1 fully saturated rings. The molecule has 1 aromatic carbocycles. The standard InChI is InChI=1S/C18H29ClN2O3S/c1-6-9-24-15-8-7-13(19)10-16(15)25(22,23)20-14-11-17(2,3)21-18(4,5)12-14/h7-8,10,14,20-21H,6,9,11-12H2,1-5H3. The third-order valence-electron chi connectivity index (χ3n) is 4.17. The van der Waals surface area contributed by atoms with Crippen LogP contribution in [0, 0.1) is 0 Å². The average Bonchev–Trinajstić information content (AvgIpc) is 2.41. The van der Waals surface area contributed by atoms with Gasteiger partial charge in [0.15, 0.2) is 0 Å². The summed E-state index contributed by atoms with van der Waals surface area (Å²) in [5.74, 6) is 0.339. The molecule has 142 valence electrons. The highest BCUT2D eigenvalue weighted by atomic mass is 35.5. The van der Waals surface area contributed by atoms with Crippen LogP contribution >= 0.6 is 11.6 Å². The highest BCUT2D eigenvalue weighted by Gasteiger charge is 2.39. The molecule has 7 heteroatoms. The lowest BCUT2D eigenvalue weighted by atomic mass is 9.80. The predicted molar refractivity (Wildman–Crippen MR) is 102 cm³/mol. The van der Waals surface area contributed by atoms with Gasteiger partial charge in [0.1, 0.15) is 10.6 Å². The Morgan fingerprint density at radius 3 is 2.40 bits per heavy atom. The van der Waals surface area contributed by atoms with E-state index in [0.717, 1.165) is 6.42 Å². The van der Waals surface area contributed by atoms with Crippen LogP contribution in [0.15, 0.2) is 23.1 Å². The second-order valence-electron chi connectivity index (χ2n) is 8.06. The van der Waals surface area contributed by atoms with Gasteiger partial charge in [-0.25, -0.2) is 13.1 Å². The molecule has 0 unspecified atom stereocenters. The Bertz CT molecular complexity index is 701. The van der Waals surface area contributed by atoms with Crippen LogP contribution < -0.4 is 14.8 Å². The van der Waals surface area contributed by atoms with Gasteiger partial charge in [-0.3, -0.25) is 0 Å². The lowest BCUT2D eigenvalue weighted by molar-refractivity contribution is 0.157. The minimum absolute atomic E-state index is 0.0996. The summed E-state index contributed by atoms with van der Waals surface area (Å²) in [5, 5.41) is 3.93. The fourth-order valence-electron chi connectivity index (χ4n) is 3.71. The van der Waals surface area contributed by atoms with E-state index in [2.05, 4.69) is 37.7 Å². The summed E-state index contributed by atoms with van der Waals surface area (Å²) >= 11 is 6.03. The zero-order chi connectivity index (χ0) is 18.9. The van der Waals surface area contributed by atoms with Crippen molar-refractivity contribution in [3.63, 3.8) is 0 Å². The minimum Gasteiger partial charge on any atom is -0.492 e. The van der Waals surface area contributed by atoms with E-state index < -0.39 is 10.0 Å². The molecule has 0 spiro atoms. The van der Waals surface area contributed by atoms with Crippen LogP contribution in [0.3, 0.4) is 0 Å². The summed E-state index contributed by atoms with van der Waals surface area (Å²) in [6, 6.07) is 4.55. The number of hydrogen-bond donors (Lipinski definition) is 2. The quantitative estimate of drug-likeness (QED) is 0.779. The molecule has 2 N–H and O–H groups in total. The molecule has 0 bridgehead atoms. The Hall–Kier alpha value is -0.820. The van der Waals surface area contributed by atoms with Crippen molar-refractivity contribution in [3.05, 3.63) is 23.2 Å². The Morgan fingerprint density at radius 2 is 1.84 bits per heavy atom. The van der Waals surface area contributed by atoms with Crippen LogP contribution in [-0.2, 0) is 10.0 Å². The molecule has 1 heterocycles. The van der Waals surface area contributed by atoms with Gasteiger partial charge in [-0.2, -0.15) is 0 Å². The molecule has 25 heavy (non-hydrogen) atoms. The number of piperidine rings is 1. The van der Waals surface area contributed by atoms with Gasteiger partial charge in [0.2, 0.25) is 10.0 Å². The normalized spacial score (nSPS) is 20.4. The number of hydrogen-bond acceptors (Lipinski definition) is 4. The molecular weight excluding hydrogens is 360 g/mol. The Balaban J connectivity index is 2.28. The monoisotopic (exact) mass is 388 g/mol. The van der Waals surface area contributed by atoms with E-state index in [9.17, 15) is 8.42 Å². The maximum absolute atomic E-state index is 13.0. The average molecular weight is 389 g/mol. The van der Waals surface area contributed by atoms with Crippen molar-refractivity contribution in [1.29, 1.82) is 0 Å². The molecule has 0 aliphatic carbocycles. The lowest BCUT2D eigenvalue weighted by Gasteiger charge is -2.46. The van der Waals surface area contributed by atoms with E-state index in [1.807, 2.05) is 6.92 Å². The Morgan fingerprint density at radius 1 is 1.24 bits per heavy atom. The van der Waals surface area contributed by atoms with Gasteiger partial charge in [0.05, 0.1) is 6.61 Å². The van der Waals surface area contributed by atoms with Crippen LogP contribution in [0.4, 0.5) is 0 Å². The van der Waals surface area contributed by atoms with Crippen molar-refractivity contribution in [2.75, 3.05) is 6.61 Å². The summed E-state index contributed by atoms with van der Waals surface area (Å²) in [5.41, 5.74) is -0.296. The summed E-state index contributed by atoms with van der Waals surface area (Å²) in [6.07, 6.45) is 2.22. The zero-order valence-electron chi connectivity index (χ0n) is 15.6. The third kappa shape index (κ3) is 5.58. The fraction of sp³-hybridized carbons (Fsp3) is 0.667. The highest BCUT2D eigenvalue weighted by Crippen LogP contribution is 2.32. The number of rotatable bonds is 6. The van der Waals surface area contributed by atoms with Gasteiger partial charge in [-0.1, -0.05) is 18.5 Å². The third-order valence-corrected chi connectivity index (χ3v) is 5.95. The predicted octanol–water partition coefficient (Wildman–Crippen LogP) is 3.72. The van der Waals surface area contributed by atoms with E-state index in [4.69, 9.17) is 16.3 Å². The van der Waals surface area contributed by atoms with Gasteiger partial charge in [0.25, 0.3) is 0 Å². The van der Waals surface area contributed by atoms with Gasteiger partial charge in [-0.15, -0.1) is 0 Å². The smallest absolute Gasteiger partial charge is 0.244 e. The highest BCUT2D eigenvalue weighted by molar-refractivity contribution is 7.89. The number of halogens is 1. The van der Waals surface area contributed by atoms with Gasteiger partial charge < -0.3 is 10.1 Å². The maximum atomic E-state index is 13.0. The molecule has 1 aliphatic heterocycles. The number of sulfonamides is 1. The van der Waals surface area contributed by atoms with E-state index in [0.29, 0.717) is 30.2 Å². The molecule has 0 atom stereocenters. The lowest BCUT2D eigenvalue weighted by Crippen LogP contribution is -2.62. The van der Waals surface area contributed by atoms with Crippen molar-refractivity contribution in [2.24, 2.45) is 0 Å². The van der Waals surface area contributed by atoms with Gasteiger partial charge in [-0.05, 0) is 65.2 Å². The summed E-state index contributed by atoms with van der Waals surface area (Å²) in [6.45, 7) is 10.8. The van der Waals surface area contributed by atoms with Crippen molar-refractivity contribution in [3.8, 4) is 5.75 Å². The molecule has 1 aliphatic rings. The van der Waals surface area contributed by atoms with E-state index >= 15 is 0 Å². The number of benzene rings is 1. The second-order valence-corrected chi connectivity index (χ2v) is 10.2. The van der Waals surface area contributed by atoms with Crippen LogP contribution in [-0.4, -0.2) is 32.1 Å². The van der Waals surface area contributed by atoms with Crippen LogP contribution in [0.1, 0.15) is 53.9 Å². The molecule has 0 saturated carbocycles. The molecule has 5 nitrogen and oxygen atoms in total. The topological polar surface area (TPSA) is 67.4 Å². The van der Waals surface area contributed by atoms with Crippen molar-refractivity contribution >= 4 is 21.6 Å². The van der Waals surface area contributed by atoms with E-state index in [1.54, 1.807) is 12.1 Å². The summed E-state index contributed by atoms with van der Waals surface area (Å²) in [7, 11) is -3.73. The molecule has 0 amide bonds. The first-order valence-electron chi connectivity index (χ1n) is 8.68. The molecule has 0 aromatic heterocycles. The largest absolute Gasteiger partial charge is 0.492 e. The van der Waals surface area contributed by atoms with Gasteiger partial charge in [0, 0.05) is 22.1 Å². The van der Waals surface area contributed by atoms with E-state index in [1.165, 1.54) is 6.07 Å². The maximum Gasteiger partial charge on any atom is 0.244 e. The second kappa shape index (κ2) is 7.43. The zero-order valence-corrected chi connectivity index (χ0v) is 17.2. The van der Waals surface area contributed by atoms with Crippen LogP contribution in [0.5, 0.6) is 5.75 Å². The number of nitrogens with one attached hydrogen (secondary N) is 2. The Labute approximate surface area is 156 Å². The minimum atomic E-state index is -3.73. The van der Waals surface area contributed by atoms with Gasteiger partial charge >= 0.3 is 0 Å². The fourth-order valence-corrected chi connectivity index (χ4v) is 5.35. The summed E-state index contributed by atoms with van der Waals surface area (Å²) in [4.78, 5) is 0.0996. The Kier molecular flexibility index (Phi) is 6.09. The molecule has 1 aromatic rings. The molecule has 2 rings (SSSR count). The van der Waals surface area contributed by atoms with Crippen LogP contribution in [0.2, 0.25) is 5.02 Å². The molecular formula is C18H29ClN2O3S. The van der Waals surface area contributed by atoms with Crippen molar-refractivity contribution in [1.82, 2.24) is 10.0 Å². The van der Waals surface area contributed by atoms with Crippen molar-refractivity contribution in [2.45, 2.75) is 75.9 Å². The number of ether oxygens (including phenoxy) is 1. The first-order chi connectivity index (χ1) is 11.4. The SMILES string of the molecule is CCCOc1ccc(Cl)cc1S(=O)(=O)NC1CC(C)(C)NC(C)(C)C1. The van der Waals surface area contributed by atoms with Crippen molar-refractivity contribution < 1.29 is 13.2 Å². The molecule has 0 radical (unpaired) electrons. The molecule has 1 saturated heterocycles. The van der Waals surface area contributed by atoms with Crippen LogP contribution in [0.25, 0.3) is 0 Å².